The van der Waals surface area contributed by atoms with Crippen molar-refractivity contribution in [3.8, 4) is 0 Å². The van der Waals surface area contributed by atoms with E-state index in [4.69, 9.17) is 11.6 Å². The number of benzene rings is 1. The van der Waals surface area contributed by atoms with E-state index in [2.05, 4.69) is 9.97 Å². The number of aliphatic hydroxyl groups is 1. The molecule has 1 heterocycles. The molecule has 4 heteroatoms. The van der Waals surface area contributed by atoms with Crippen LogP contribution in [0, 0.1) is 6.92 Å². The maximum atomic E-state index is 10.1. The Morgan fingerprint density at radius 3 is 2.81 bits per heavy atom. The fourth-order valence-corrected chi connectivity index (χ4v) is 1.67. The van der Waals surface area contributed by atoms with Crippen LogP contribution in [0.2, 0.25) is 5.02 Å². The number of hydrogen-bond donors (Lipinski definition) is 1. The molecule has 1 aromatic carbocycles. The number of aliphatic hydroxyl groups excluding tert-OH is 1. The molecule has 0 aliphatic heterocycles. The molecule has 0 radical (unpaired) electrons. The second-order valence-electron chi connectivity index (χ2n) is 3.49. The minimum Gasteiger partial charge on any atom is -0.382 e. The van der Waals surface area contributed by atoms with Crippen LogP contribution in [0.25, 0.3) is 0 Å². The summed E-state index contributed by atoms with van der Waals surface area (Å²) in [6.07, 6.45) is 0.867. The van der Waals surface area contributed by atoms with Gasteiger partial charge in [0.2, 0.25) is 0 Å². The van der Waals surface area contributed by atoms with Gasteiger partial charge in [0.25, 0.3) is 0 Å². The number of halogens is 1. The molecule has 16 heavy (non-hydrogen) atoms. The Labute approximate surface area is 98.8 Å². The molecular weight excluding hydrogens is 224 g/mol. The van der Waals surface area contributed by atoms with E-state index < -0.39 is 6.10 Å². The highest BCUT2D eigenvalue weighted by molar-refractivity contribution is 6.30. The SMILES string of the molecule is Cc1nccc(C(O)c2cccc(Cl)c2)n1. The van der Waals surface area contributed by atoms with Gasteiger partial charge in [-0.2, -0.15) is 0 Å². The molecule has 0 aliphatic rings. The van der Waals surface area contributed by atoms with Crippen molar-refractivity contribution >= 4 is 11.6 Å². The first-order valence-electron chi connectivity index (χ1n) is 4.90. The molecule has 0 amide bonds. The largest absolute Gasteiger partial charge is 0.382 e. The number of nitrogens with zero attached hydrogens (tertiary/aromatic N) is 2. The standard InChI is InChI=1S/C12H11ClN2O/c1-8-14-6-5-11(15-8)12(16)9-3-2-4-10(13)7-9/h2-7,12,16H,1H3. The van der Waals surface area contributed by atoms with Crippen molar-refractivity contribution in [1.82, 2.24) is 9.97 Å². The van der Waals surface area contributed by atoms with Gasteiger partial charge in [-0.05, 0) is 30.7 Å². The van der Waals surface area contributed by atoms with Crippen LogP contribution in [0.1, 0.15) is 23.2 Å². The van der Waals surface area contributed by atoms with Gasteiger partial charge in [-0.3, -0.25) is 0 Å². The number of aromatic nitrogens is 2. The molecule has 0 spiro atoms. The first-order chi connectivity index (χ1) is 7.66. The molecule has 1 unspecified atom stereocenters. The van der Waals surface area contributed by atoms with Crippen LogP contribution < -0.4 is 0 Å². The summed E-state index contributed by atoms with van der Waals surface area (Å²) in [4.78, 5) is 8.16. The van der Waals surface area contributed by atoms with Gasteiger partial charge in [-0.25, -0.2) is 9.97 Å². The van der Waals surface area contributed by atoms with Gasteiger partial charge in [0, 0.05) is 11.2 Å². The van der Waals surface area contributed by atoms with Crippen LogP contribution in [-0.4, -0.2) is 15.1 Å². The summed E-state index contributed by atoms with van der Waals surface area (Å²) in [5, 5.41) is 10.7. The average molecular weight is 235 g/mol. The minimum atomic E-state index is -0.764. The van der Waals surface area contributed by atoms with Crippen molar-refractivity contribution in [2.45, 2.75) is 13.0 Å². The summed E-state index contributed by atoms with van der Waals surface area (Å²) in [6, 6.07) is 8.80. The van der Waals surface area contributed by atoms with Gasteiger partial charge < -0.3 is 5.11 Å². The number of aryl methyl sites for hydroxylation is 1. The molecule has 82 valence electrons. The van der Waals surface area contributed by atoms with E-state index in [-0.39, 0.29) is 0 Å². The lowest BCUT2D eigenvalue weighted by molar-refractivity contribution is 0.215. The Morgan fingerprint density at radius 1 is 1.31 bits per heavy atom. The molecule has 1 aromatic heterocycles. The van der Waals surface area contributed by atoms with Gasteiger partial charge in [0.05, 0.1) is 5.69 Å². The highest BCUT2D eigenvalue weighted by atomic mass is 35.5. The smallest absolute Gasteiger partial charge is 0.125 e. The third kappa shape index (κ3) is 2.38. The minimum absolute atomic E-state index is 0.578. The van der Waals surface area contributed by atoms with E-state index in [0.29, 0.717) is 16.5 Å². The fourth-order valence-electron chi connectivity index (χ4n) is 1.47. The van der Waals surface area contributed by atoms with E-state index in [1.807, 2.05) is 6.07 Å². The van der Waals surface area contributed by atoms with Crippen LogP contribution in [0.4, 0.5) is 0 Å². The summed E-state index contributed by atoms with van der Waals surface area (Å²) in [7, 11) is 0. The second-order valence-corrected chi connectivity index (χ2v) is 3.92. The molecule has 0 bridgehead atoms. The first-order valence-corrected chi connectivity index (χ1v) is 5.27. The highest BCUT2D eigenvalue weighted by Crippen LogP contribution is 2.22. The maximum Gasteiger partial charge on any atom is 0.125 e. The molecule has 0 saturated carbocycles. The van der Waals surface area contributed by atoms with Gasteiger partial charge >= 0.3 is 0 Å². The number of rotatable bonds is 2. The molecule has 3 nitrogen and oxygen atoms in total. The van der Waals surface area contributed by atoms with E-state index in [0.717, 1.165) is 5.56 Å². The predicted octanol–water partition coefficient (Wildman–Crippen LogP) is 2.52. The molecule has 1 N–H and O–H groups in total. The molecule has 0 fully saturated rings. The van der Waals surface area contributed by atoms with Crippen LogP contribution in [0.5, 0.6) is 0 Å². The normalized spacial score (nSPS) is 12.4. The summed E-state index contributed by atoms with van der Waals surface area (Å²) in [5.41, 5.74) is 1.31. The number of hydrogen-bond acceptors (Lipinski definition) is 3. The Morgan fingerprint density at radius 2 is 2.12 bits per heavy atom. The zero-order valence-corrected chi connectivity index (χ0v) is 9.52. The highest BCUT2D eigenvalue weighted by Gasteiger charge is 2.12. The van der Waals surface area contributed by atoms with Gasteiger partial charge in [-0.1, -0.05) is 23.7 Å². The lowest BCUT2D eigenvalue weighted by Gasteiger charge is -2.10. The van der Waals surface area contributed by atoms with Crippen molar-refractivity contribution in [2.24, 2.45) is 0 Å². The molecule has 0 saturated heterocycles. The summed E-state index contributed by atoms with van der Waals surface area (Å²) >= 11 is 5.86. The van der Waals surface area contributed by atoms with Crippen molar-refractivity contribution in [2.75, 3.05) is 0 Å². The molecule has 2 aromatic rings. The van der Waals surface area contributed by atoms with Crippen LogP contribution in [-0.2, 0) is 0 Å². The van der Waals surface area contributed by atoms with E-state index in [1.54, 1.807) is 37.4 Å². The molecule has 0 aliphatic carbocycles. The summed E-state index contributed by atoms with van der Waals surface area (Å²) < 4.78 is 0. The van der Waals surface area contributed by atoms with Crippen molar-refractivity contribution in [1.29, 1.82) is 0 Å². The van der Waals surface area contributed by atoms with E-state index >= 15 is 0 Å². The van der Waals surface area contributed by atoms with Crippen LogP contribution in [0.15, 0.2) is 36.5 Å². The second kappa shape index (κ2) is 4.60. The average Bonchev–Trinajstić information content (AvgIpc) is 2.28. The third-order valence-electron chi connectivity index (χ3n) is 2.24. The van der Waals surface area contributed by atoms with Crippen molar-refractivity contribution in [3.63, 3.8) is 0 Å². The summed E-state index contributed by atoms with van der Waals surface area (Å²) in [6.45, 7) is 1.79. The lowest BCUT2D eigenvalue weighted by Crippen LogP contribution is -2.03. The third-order valence-corrected chi connectivity index (χ3v) is 2.48. The van der Waals surface area contributed by atoms with Crippen molar-refractivity contribution < 1.29 is 5.11 Å². The monoisotopic (exact) mass is 234 g/mol. The van der Waals surface area contributed by atoms with Gasteiger partial charge in [0.1, 0.15) is 11.9 Å². The molecule has 1 atom stereocenters. The lowest BCUT2D eigenvalue weighted by atomic mass is 10.1. The topological polar surface area (TPSA) is 46.0 Å². The Balaban J connectivity index is 2.35. The Hall–Kier alpha value is -1.45. The Bertz CT molecular complexity index is 456. The van der Waals surface area contributed by atoms with Crippen molar-refractivity contribution in [3.05, 3.63) is 58.6 Å². The van der Waals surface area contributed by atoms with E-state index in [9.17, 15) is 5.11 Å². The zero-order chi connectivity index (χ0) is 11.5. The maximum absolute atomic E-state index is 10.1. The van der Waals surface area contributed by atoms with Crippen LogP contribution >= 0.6 is 11.6 Å². The zero-order valence-electron chi connectivity index (χ0n) is 8.76. The van der Waals surface area contributed by atoms with Gasteiger partial charge in [-0.15, -0.1) is 0 Å². The van der Waals surface area contributed by atoms with E-state index in [1.165, 1.54) is 0 Å². The van der Waals surface area contributed by atoms with Crippen LogP contribution in [0.3, 0.4) is 0 Å². The Kier molecular flexibility index (Phi) is 3.17. The van der Waals surface area contributed by atoms with Gasteiger partial charge in [0.15, 0.2) is 0 Å². The predicted molar refractivity (Wildman–Crippen MR) is 62.3 cm³/mol. The fraction of sp³-hybridized carbons (Fsp3) is 0.167. The first kappa shape index (κ1) is 11.0. The molecule has 2 rings (SSSR count). The summed E-state index contributed by atoms with van der Waals surface area (Å²) in [5.74, 6) is 0.638. The molecular formula is C12H11ClN2O. The quantitative estimate of drug-likeness (QED) is 0.869.